The number of nitrogens with zero attached hydrogens (tertiary/aromatic N) is 1. The van der Waals surface area contributed by atoms with Crippen LogP contribution in [0.25, 0.3) is 0 Å². The monoisotopic (exact) mass is 313 g/mol. The average Bonchev–Trinajstić information content (AvgIpc) is 2.94. The molecule has 0 aliphatic carbocycles. The molecule has 1 unspecified atom stereocenters. The SMILES string of the molecule is COc1ccc(OCC2SCCN2C(=O)CCS)cc1. The third-order valence-corrected chi connectivity index (χ3v) is 4.51. The number of thioether (sulfide) groups is 1. The number of carbonyl (C=O) groups is 1. The molecule has 1 aliphatic rings. The molecule has 1 aliphatic heterocycles. The van der Waals surface area contributed by atoms with Crippen LogP contribution in [0.3, 0.4) is 0 Å². The summed E-state index contributed by atoms with van der Waals surface area (Å²) in [4.78, 5) is 13.8. The Hall–Kier alpha value is -1.01. The highest BCUT2D eigenvalue weighted by atomic mass is 32.2. The molecule has 1 heterocycles. The fourth-order valence-electron chi connectivity index (χ4n) is 2.02. The van der Waals surface area contributed by atoms with Crippen LogP contribution < -0.4 is 9.47 Å². The lowest BCUT2D eigenvalue weighted by Gasteiger charge is -2.23. The lowest BCUT2D eigenvalue weighted by Crippen LogP contribution is -2.38. The molecule has 0 radical (unpaired) electrons. The number of amides is 1. The summed E-state index contributed by atoms with van der Waals surface area (Å²) in [6.07, 6.45) is 0.489. The van der Waals surface area contributed by atoms with Crippen molar-refractivity contribution in [3.05, 3.63) is 24.3 Å². The Morgan fingerprint density at radius 1 is 1.40 bits per heavy atom. The molecule has 6 heteroatoms. The van der Waals surface area contributed by atoms with E-state index < -0.39 is 0 Å². The number of methoxy groups -OCH3 is 1. The van der Waals surface area contributed by atoms with Crippen LogP contribution >= 0.6 is 24.4 Å². The largest absolute Gasteiger partial charge is 0.497 e. The predicted molar refractivity (Wildman–Crippen MR) is 84.9 cm³/mol. The minimum atomic E-state index is 0.101. The maximum absolute atomic E-state index is 11.9. The van der Waals surface area contributed by atoms with Crippen molar-refractivity contribution in [3.63, 3.8) is 0 Å². The maximum Gasteiger partial charge on any atom is 0.224 e. The minimum absolute atomic E-state index is 0.101. The molecule has 1 aromatic carbocycles. The first-order valence-corrected chi connectivity index (χ1v) is 8.21. The number of hydrogen-bond acceptors (Lipinski definition) is 5. The topological polar surface area (TPSA) is 38.8 Å². The van der Waals surface area contributed by atoms with E-state index in [0.717, 1.165) is 23.8 Å². The zero-order chi connectivity index (χ0) is 14.4. The number of ether oxygens (including phenoxy) is 2. The molecule has 1 atom stereocenters. The van der Waals surface area contributed by atoms with Gasteiger partial charge in [-0.05, 0) is 30.0 Å². The quantitative estimate of drug-likeness (QED) is 0.818. The van der Waals surface area contributed by atoms with Gasteiger partial charge in [-0.15, -0.1) is 11.8 Å². The van der Waals surface area contributed by atoms with E-state index in [0.29, 0.717) is 18.8 Å². The lowest BCUT2D eigenvalue weighted by molar-refractivity contribution is -0.131. The zero-order valence-corrected chi connectivity index (χ0v) is 13.2. The molecule has 0 N–H and O–H groups in total. The molecule has 1 saturated heterocycles. The zero-order valence-electron chi connectivity index (χ0n) is 11.4. The van der Waals surface area contributed by atoms with Crippen molar-refractivity contribution in [2.45, 2.75) is 11.8 Å². The fraction of sp³-hybridized carbons (Fsp3) is 0.500. The standard InChI is InChI=1S/C14H19NO3S2/c1-17-11-2-4-12(5-3-11)18-10-14-15(7-9-20-14)13(16)6-8-19/h2-5,14,19H,6-10H2,1H3. The van der Waals surface area contributed by atoms with Crippen molar-refractivity contribution in [3.8, 4) is 11.5 Å². The van der Waals surface area contributed by atoms with Gasteiger partial charge >= 0.3 is 0 Å². The molecule has 20 heavy (non-hydrogen) atoms. The van der Waals surface area contributed by atoms with E-state index in [4.69, 9.17) is 9.47 Å². The summed E-state index contributed by atoms with van der Waals surface area (Å²) in [5, 5.41) is 0.101. The van der Waals surface area contributed by atoms with Gasteiger partial charge in [-0.1, -0.05) is 0 Å². The Morgan fingerprint density at radius 3 is 2.75 bits per heavy atom. The van der Waals surface area contributed by atoms with E-state index in [1.54, 1.807) is 18.9 Å². The highest BCUT2D eigenvalue weighted by Crippen LogP contribution is 2.26. The summed E-state index contributed by atoms with van der Waals surface area (Å²) in [6, 6.07) is 7.47. The van der Waals surface area contributed by atoms with Crippen molar-refractivity contribution in [1.82, 2.24) is 4.90 Å². The molecule has 1 fully saturated rings. The molecular weight excluding hydrogens is 294 g/mol. The summed E-state index contributed by atoms with van der Waals surface area (Å²) in [7, 11) is 1.63. The van der Waals surface area contributed by atoms with Gasteiger partial charge in [0, 0.05) is 18.7 Å². The summed E-state index contributed by atoms with van der Waals surface area (Å²) >= 11 is 5.88. The van der Waals surface area contributed by atoms with Crippen LogP contribution in [0.15, 0.2) is 24.3 Å². The van der Waals surface area contributed by atoms with Gasteiger partial charge in [0.15, 0.2) is 0 Å². The second-order valence-electron chi connectivity index (χ2n) is 4.37. The smallest absolute Gasteiger partial charge is 0.224 e. The van der Waals surface area contributed by atoms with E-state index in [2.05, 4.69) is 12.6 Å². The van der Waals surface area contributed by atoms with Gasteiger partial charge in [-0.2, -0.15) is 12.6 Å². The highest BCUT2D eigenvalue weighted by Gasteiger charge is 2.29. The number of rotatable bonds is 6. The second kappa shape index (κ2) is 7.69. The Bertz CT molecular complexity index is 439. The van der Waals surface area contributed by atoms with Gasteiger partial charge in [0.2, 0.25) is 5.91 Å². The molecule has 4 nitrogen and oxygen atoms in total. The van der Waals surface area contributed by atoms with Crippen molar-refractivity contribution in [1.29, 1.82) is 0 Å². The van der Waals surface area contributed by atoms with Crippen molar-refractivity contribution >= 4 is 30.3 Å². The first-order valence-electron chi connectivity index (χ1n) is 6.53. The van der Waals surface area contributed by atoms with Crippen LogP contribution in [0.1, 0.15) is 6.42 Å². The summed E-state index contributed by atoms with van der Waals surface area (Å²) in [6.45, 7) is 1.31. The first-order chi connectivity index (χ1) is 9.74. The minimum Gasteiger partial charge on any atom is -0.497 e. The first kappa shape index (κ1) is 15.4. The van der Waals surface area contributed by atoms with E-state index in [1.807, 2.05) is 29.2 Å². The predicted octanol–water partition coefficient (Wildman–Crippen LogP) is 2.30. The van der Waals surface area contributed by atoms with Crippen LogP contribution in [0.2, 0.25) is 0 Å². The van der Waals surface area contributed by atoms with Crippen LogP contribution in [0.4, 0.5) is 0 Å². The van der Waals surface area contributed by atoms with Gasteiger partial charge in [0.25, 0.3) is 0 Å². The summed E-state index contributed by atoms with van der Waals surface area (Å²) in [5.41, 5.74) is 0. The van der Waals surface area contributed by atoms with Crippen LogP contribution in [-0.4, -0.2) is 47.9 Å². The highest BCUT2D eigenvalue weighted by molar-refractivity contribution is 8.00. The maximum atomic E-state index is 11.9. The number of thiol groups is 1. The molecular formula is C14H19NO3S2. The van der Waals surface area contributed by atoms with E-state index >= 15 is 0 Å². The lowest BCUT2D eigenvalue weighted by atomic mass is 10.3. The van der Waals surface area contributed by atoms with Gasteiger partial charge in [0.1, 0.15) is 23.5 Å². The fourth-order valence-corrected chi connectivity index (χ4v) is 3.36. The van der Waals surface area contributed by atoms with Crippen LogP contribution in [0.5, 0.6) is 11.5 Å². The van der Waals surface area contributed by atoms with Crippen LogP contribution in [0, 0.1) is 0 Å². The number of benzene rings is 1. The molecule has 0 spiro atoms. The summed E-state index contributed by atoms with van der Waals surface area (Å²) in [5.74, 6) is 3.31. The van der Waals surface area contributed by atoms with Crippen LogP contribution in [-0.2, 0) is 4.79 Å². The third-order valence-electron chi connectivity index (χ3n) is 3.09. The Balaban J connectivity index is 1.87. The molecule has 0 bridgehead atoms. The Morgan fingerprint density at radius 2 is 2.10 bits per heavy atom. The average molecular weight is 313 g/mol. The Labute approximate surface area is 129 Å². The molecule has 1 aromatic rings. The van der Waals surface area contributed by atoms with Crippen molar-refractivity contribution in [2.24, 2.45) is 0 Å². The van der Waals surface area contributed by atoms with Gasteiger partial charge < -0.3 is 14.4 Å². The number of hydrogen-bond donors (Lipinski definition) is 1. The molecule has 0 aromatic heterocycles. The molecule has 2 rings (SSSR count). The van der Waals surface area contributed by atoms with Gasteiger partial charge in [-0.3, -0.25) is 4.79 Å². The van der Waals surface area contributed by atoms with Gasteiger partial charge in [-0.25, -0.2) is 0 Å². The Kier molecular flexibility index (Phi) is 5.91. The van der Waals surface area contributed by atoms with E-state index in [-0.39, 0.29) is 11.3 Å². The third kappa shape index (κ3) is 3.99. The van der Waals surface area contributed by atoms with Crippen molar-refractivity contribution < 1.29 is 14.3 Å². The molecule has 0 saturated carbocycles. The van der Waals surface area contributed by atoms with E-state index in [9.17, 15) is 4.79 Å². The van der Waals surface area contributed by atoms with Crippen molar-refractivity contribution in [2.75, 3.05) is 31.8 Å². The van der Waals surface area contributed by atoms with Gasteiger partial charge in [0.05, 0.1) is 7.11 Å². The molecule has 1 amide bonds. The summed E-state index contributed by atoms with van der Waals surface area (Å²) < 4.78 is 10.9. The number of carbonyl (C=O) groups excluding carboxylic acids is 1. The normalized spacial score (nSPS) is 18.1. The second-order valence-corrected chi connectivity index (χ2v) is 6.11. The molecule has 110 valence electrons. The van der Waals surface area contributed by atoms with E-state index in [1.165, 1.54) is 0 Å².